The number of amides is 1. The lowest BCUT2D eigenvalue weighted by Gasteiger charge is -2.09. The number of carbonyl (C=O) groups excluding carboxylic acids is 1. The Balaban J connectivity index is -0.000000225. The molecule has 0 saturated carbocycles. The monoisotopic (exact) mass is 281 g/mol. The van der Waals surface area contributed by atoms with Crippen molar-refractivity contribution in [2.24, 2.45) is 0 Å². The number of halogens is 4. The van der Waals surface area contributed by atoms with Crippen LogP contribution in [0.5, 0.6) is 0 Å². The van der Waals surface area contributed by atoms with Gasteiger partial charge >= 0.3 is 0 Å². The molecule has 1 heterocycles. The topological polar surface area (TPSA) is 61.9 Å². The normalized spacial score (nSPS) is 7.68. The third-order valence-corrected chi connectivity index (χ3v) is 1.98. The van der Waals surface area contributed by atoms with Gasteiger partial charge in [0.2, 0.25) is 0 Å². The SMILES string of the molecule is CN(C)C(=O)c1cccc2n[nH]nc12.F.F.F.F.[B]. The predicted octanol–water partition coefficient (Wildman–Crippen LogP) is 0.889. The van der Waals surface area contributed by atoms with E-state index in [0.717, 1.165) is 0 Å². The summed E-state index contributed by atoms with van der Waals surface area (Å²) in [4.78, 5) is 13.2. The van der Waals surface area contributed by atoms with E-state index in [4.69, 9.17) is 0 Å². The van der Waals surface area contributed by atoms with Gasteiger partial charge < -0.3 is 4.90 Å². The van der Waals surface area contributed by atoms with Crippen LogP contribution in [0.4, 0.5) is 18.8 Å². The standard InChI is InChI=1S/C9H10N4O.B.4FH/c1-13(2)9(14)6-4-3-5-7-8(6)11-12-10-7;;;;;/h3-5H,1-2H3,(H,10,11,12);;4*1H. The first-order valence-corrected chi connectivity index (χ1v) is 4.21. The molecule has 5 nitrogen and oxygen atoms in total. The van der Waals surface area contributed by atoms with E-state index >= 15 is 0 Å². The number of para-hydroxylation sites is 1. The Morgan fingerprint density at radius 2 is 1.68 bits per heavy atom. The zero-order chi connectivity index (χ0) is 10.1. The quantitative estimate of drug-likeness (QED) is 0.623. The van der Waals surface area contributed by atoms with Crippen LogP contribution in [0.25, 0.3) is 11.0 Å². The molecule has 107 valence electrons. The largest absolute Gasteiger partial charge is 0.345 e. The fourth-order valence-corrected chi connectivity index (χ4v) is 1.28. The van der Waals surface area contributed by atoms with Crippen molar-refractivity contribution >= 4 is 25.4 Å². The zero-order valence-corrected chi connectivity index (χ0v) is 10.2. The average Bonchev–Trinajstić information content (AvgIpc) is 2.63. The average molecular weight is 281 g/mol. The summed E-state index contributed by atoms with van der Waals surface area (Å²) in [5, 5.41) is 10.4. The van der Waals surface area contributed by atoms with Crippen molar-refractivity contribution < 1.29 is 23.6 Å². The molecule has 1 aromatic heterocycles. The van der Waals surface area contributed by atoms with Gasteiger partial charge in [-0.15, -0.1) is 0 Å². The fourth-order valence-electron chi connectivity index (χ4n) is 1.28. The predicted molar refractivity (Wildman–Crippen MR) is 67.7 cm³/mol. The van der Waals surface area contributed by atoms with Gasteiger partial charge in [0.15, 0.2) is 0 Å². The first-order chi connectivity index (χ1) is 6.70. The second kappa shape index (κ2) is 9.86. The second-order valence-corrected chi connectivity index (χ2v) is 3.20. The van der Waals surface area contributed by atoms with Crippen molar-refractivity contribution in [3.05, 3.63) is 23.8 Å². The molecule has 0 aliphatic heterocycles. The van der Waals surface area contributed by atoms with Crippen molar-refractivity contribution in [3.63, 3.8) is 0 Å². The highest BCUT2D eigenvalue weighted by molar-refractivity contribution is 6.04. The van der Waals surface area contributed by atoms with E-state index in [1.54, 1.807) is 26.2 Å². The van der Waals surface area contributed by atoms with E-state index in [1.165, 1.54) is 4.90 Å². The van der Waals surface area contributed by atoms with Gasteiger partial charge in [0.25, 0.3) is 5.91 Å². The highest BCUT2D eigenvalue weighted by Crippen LogP contribution is 2.14. The smallest absolute Gasteiger partial charge is 0.255 e. The number of fused-ring (bicyclic) bond motifs is 1. The third-order valence-electron chi connectivity index (χ3n) is 1.98. The van der Waals surface area contributed by atoms with E-state index in [-0.39, 0.29) is 33.1 Å². The van der Waals surface area contributed by atoms with Crippen LogP contribution < -0.4 is 0 Å². The second-order valence-electron chi connectivity index (χ2n) is 3.20. The summed E-state index contributed by atoms with van der Waals surface area (Å²) >= 11 is 0. The maximum atomic E-state index is 11.7. The Labute approximate surface area is 108 Å². The summed E-state index contributed by atoms with van der Waals surface area (Å²) in [7, 11) is 3.42. The molecule has 0 saturated heterocycles. The molecular weight excluding hydrogens is 267 g/mol. The summed E-state index contributed by atoms with van der Waals surface area (Å²) in [6.07, 6.45) is 0. The lowest BCUT2D eigenvalue weighted by Crippen LogP contribution is -2.21. The van der Waals surface area contributed by atoms with Crippen molar-refractivity contribution in [2.75, 3.05) is 14.1 Å². The van der Waals surface area contributed by atoms with Crippen LogP contribution >= 0.6 is 0 Å². The molecule has 3 radical (unpaired) electrons. The summed E-state index contributed by atoms with van der Waals surface area (Å²) < 4.78 is 0. The number of aromatic amines is 1. The number of aromatic nitrogens is 3. The highest BCUT2D eigenvalue weighted by atomic mass is 19.0. The molecule has 19 heavy (non-hydrogen) atoms. The van der Waals surface area contributed by atoms with Gasteiger partial charge in [-0.2, -0.15) is 15.4 Å². The molecule has 1 aromatic carbocycles. The lowest BCUT2D eigenvalue weighted by molar-refractivity contribution is 0.0829. The number of hydrogen-bond donors (Lipinski definition) is 1. The molecule has 0 aliphatic rings. The molecule has 1 N–H and O–H groups in total. The molecule has 0 fully saturated rings. The van der Waals surface area contributed by atoms with Crippen LogP contribution in [-0.2, 0) is 0 Å². The Hall–Kier alpha value is -2.13. The van der Waals surface area contributed by atoms with Crippen molar-refractivity contribution in [3.8, 4) is 0 Å². The van der Waals surface area contributed by atoms with Crippen molar-refractivity contribution in [2.45, 2.75) is 0 Å². The van der Waals surface area contributed by atoms with Crippen LogP contribution in [0.2, 0.25) is 0 Å². The van der Waals surface area contributed by atoms with E-state index in [2.05, 4.69) is 15.4 Å². The van der Waals surface area contributed by atoms with Gasteiger partial charge in [0.1, 0.15) is 11.0 Å². The van der Waals surface area contributed by atoms with Gasteiger partial charge in [-0.3, -0.25) is 23.6 Å². The van der Waals surface area contributed by atoms with Gasteiger partial charge in [-0.25, -0.2) is 0 Å². The Bertz CT molecular complexity index is 494. The fraction of sp³-hybridized carbons (Fsp3) is 0.222. The molecule has 2 rings (SSSR count). The summed E-state index contributed by atoms with van der Waals surface area (Å²) in [6, 6.07) is 5.35. The van der Waals surface area contributed by atoms with Crippen molar-refractivity contribution in [1.29, 1.82) is 0 Å². The van der Waals surface area contributed by atoms with Crippen LogP contribution in [0.3, 0.4) is 0 Å². The Kier molecular flexibility index (Phi) is 13.3. The maximum Gasteiger partial charge on any atom is 0.255 e. The van der Waals surface area contributed by atoms with E-state index in [9.17, 15) is 4.79 Å². The lowest BCUT2D eigenvalue weighted by atomic mass is 10.1. The minimum atomic E-state index is -0.0653. The van der Waals surface area contributed by atoms with E-state index in [0.29, 0.717) is 16.6 Å². The molecule has 0 spiro atoms. The molecule has 0 bridgehead atoms. The molecule has 0 atom stereocenters. The van der Waals surface area contributed by atoms with Crippen LogP contribution in [0.1, 0.15) is 10.4 Å². The number of benzene rings is 1. The zero-order valence-electron chi connectivity index (χ0n) is 10.2. The van der Waals surface area contributed by atoms with Gasteiger partial charge in [0.05, 0.1) is 5.56 Å². The number of hydrogen-bond acceptors (Lipinski definition) is 3. The Morgan fingerprint density at radius 3 is 2.21 bits per heavy atom. The molecule has 1 amide bonds. The molecule has 10 heteroatoms. The first-order valence-electron chi connectivity index (χ1n) is 4.21. The number of rotatable bonds is 1. The Morgan fingerprint density at radius 1 is 1.11 bits per heavy atom. The van der Waals surface area contributed by atoms with Crippen molar-refractivity contribution in [1.82, 2.24) is 20.3 Å². The summed E-state index contributed by atoms with van der Waals surface area (Å²) in [6.45, 7) is 0. The molecule has 0 aliphatic carbocycles. The summed E-state index contributed by atoms with van der Waals surface area (Å²) in [5.41, 5.74) is 1.89. The number of nitrogens with zero attached hydrogens (tertiary/aromatic N) is 3. The van der Waals surface area contributed by atoms with E-state index < -0.39 is 0 Å². The van der Waals surface area contributed by atoms with Gasteiger partial charge in [0, 0.05) is 22.5 Å². The molecule has 0 unspecified atom stereocenters. The van der Waals surface area contributed by atoms with Crippen LogP contribution in [0, 0.1) is 0 Å². The summed E-state index contributed by atoms with van der Waals surface area (Å²) in [5.74, 6) is -0.0653. The molecule has 2 aromatic rings. The first kappa shape index (κ1) is 25.7. The number of H-pyrrole nitrogens is 1. The van der Waals surface area contributed by atoms with Crippen LogP contribution in [-0.4, -0.2) is 48.7 Å². The number of carbonyl (C=O) groups is 1. The van der Waals surface area contributed by atoms with Gasteiger partial charge in [-0.05, 0) is 12.1 Å². The molecular formula is C9H14BF4N4O. The number of nitrogens with one attached hydrogen (secondary N) is 1. The minimum Gasteiger partial charge on any atom is -0.345 e. The van der Waals surface area contributed by atoms with E-state index in [1.807, 2.05) is 6.07 Å². The highest BCUT2D eigenvalue weighted by Gasteiger charge is 2.13. The van der Waals surface area contributed by atoms with Gasteiger partial charge in [-0.1, -0.05) is 6.07 Å². The van der Waals surface area contributed by atoms with Crippen LogP contribution in [0.15, 0.2) is 18.2 Å². The minimum absolute atomic E-state index is 0. The maximum absolute atomic E-state index is 11.7. The third kappa shape index (κ3) is 4.56.